The Morgan fingerprint density at radius 2 is 2.08 bits per heavy atom. The van der Waals surface area contributed by atoms with Crippen molar-refractivity contribution in [1.82, 2.24) is 0 Å². The summed E-state index contributed by atoms with van der Waals surface area (Å²) >= 11 is 3.83. The van der Waals surface area contributed by atoms with Gasteiger partial charge in [-0.1, -0.05) is 30.3 Å². The van der Waals surface area contributed by atoms with Gasteiger partial charge in [-0.15, -0.1) is 0 Å². The van der Waals surface area contributed by atoms with Crippen LogP contribution in [0.5, 0.6) is 0 Å². The summed E-state index contributed by atoms with van der Waals surface area (Å²) < 4.78 is 5.07. The second kappa shape index (κ2) is 4.92. The van der Waals surface area contributed by atoms with Gasteiger partial charge in [-0.25, -0.2) is 0 Å². The molecule has 3 heteroatoms. The van der Waals surface area contributed by atoms with Crippen LogP contribution in [0.4, 0.5) is 0 Å². The molecule has 0 aromatic heterocycles. The molecule has 1 aromatic carbocycles. The molecule has 0 saturated heterocycles. The maximum atomic E-state index is 10.9. The summed E-state index contributed by atoms with van der Waals surface area (Å²) in [6.45, 7) is 1.84. The maximum absolute atomic E-state index is 10.9. The van der Waals surface area contributed by atoms with Gasteiger partial charge in [0.2, 0.25) is 0 Å². The van der Waals surface area contributed by atoms with Crippen LogP contribution in [-0.2, 0) is 9.53 Å². The molecule has 1 rings (SSSR count). The van der Waals surface area contributed by atoms with Crippen LogP contribution in [-0.4, -0.2) is 11.7 Å². The molecular formula is C10H12O2S. The number of hydrogen-bond acceptors (Lipinski definition) is 3. The molecule has 1 unspecified atom stereocenters. The van der Waals surface area contributed by atoms with E-state index in [9.17, 15) is 4.79 Å². The average molecular weight is 196 g/mol. The molecule has 0 amide bonds. The number of carbonyl (C=O) groups is 1. The van der Waals surface area contributed by atoms with E-state index in [1.807, 2.05) is 37.3 Å². The lowest BCUT2D eigenvalue weighted by molar-refractivity contribution is -0.145. The predicted molar refractivity (Wildman–Crippen MR) is 54.8 cm³/mol. The van der Waals surface area contributed by atoms with Crippen LogP contribution in [0.25, 0.3) is 0 Å². The monoisotopic (exact) mass is 196 g/mol. The van der Waals surface area contributed by atoms with E-state index in [2.05, 4.69) is 12.6 Å². The smallest absolute Gasteiger partial charge is 0.316 e. The summed E-state index contributed by atoms with van der Waals surface area (Å²) in [6, 6.07) is 9.62. The minimum absolute atomic E-state index is 0.122. The van der Waals surface area contributed by atoms with Gasteiger partial charge in [0.05, 0.1) is 5.75 Å². The Morgan fingerprint density at radius 3 is 2.62 bits per heavy atom. The molecule has 0 aliphatic carbocycles. The summed E-state index contributed by atoms with van der Waals surface area (Å²) in [7, 11) is 0. The van der Waals surface area contributed by atoms with Gasteiger partial charge in [0.25, 0.3) is 0 Å². The van der Waals surface area contributed by atoms with Crippen LogP contribution >= 0.6 is 12.6 Å². The maximum Gasteiger partial charge on any atom is 0.316 e. The first kappa shape index (κ1) is 10.1. The molecule has 0 spiro atoms. The van der Waals surface area contributed by atoms with Gasteiger partial charge in [-0.05, 0) is 12.5 Å². The molecule has 0 fully saturated rings. The molecule has 2 nitrogen and oxygen atoms in total. The predicted octanol–water partition coefficient (Wildman–Crippen LogP) is 2.22. The van der Waals surface area contributed by atoms with Crippen molar-refractivity contribution in [2.75, 3.05) is 5.75 Å². The number of hydrogen-bond donors (Lipinski definition) is 1. The van der Waals surface area contributed by atoms with E-state index >= 15 is 0 Å². The second-order valence-electron chi connectivity index (χ2n) is 2.70. The minimum Gasteiger partial charge on any atom is -0.457 e. The van der Waals surface area contributed by atoms with E-state index in [1.54, 1.807) is 0 Å². The number of carbonyl (C=O) groups excluding carboxylic acids is 1. The lowest BCUT2D eigenvalue weighted by Gasteiger charge is -2.12. The minimum atomic E-state index is -0.292. The lowest BCUT2D eigenvalue weighted by atomic mass is 10.1. The molecule has 70 valence electrons. The third-order valence-electron chi connectivity index (χ3n) is 1.71. The zero-order valence-corrected chi connectivity index (χ0v) is 8.33. The highest BCUT2D eigenvalue weighted by atomic mass is 32.1. The van der Waals surface area contributed by atoms with E-state index in [1.165, 1.54) is 0 Å². The third-order valence-corrected chi connectivity index (χ3v) is 1.96. The van der Waals surface area contributed by atoms with Crippen molar-refractivity contribution in [1.29, 1.82) is 0 Å². The van der Waals surface area contributed by atoms with E-state index in [4.69, 9.17) is 4.74 Å². The molecule has 0 aliphatic heterocycles. The first-order valence-electron chi connectivity index (χ1n) is 4.09. The lowest BCUT2D eigenvalue weighted by Crippen LogP contribution is -2.09. The molecule has 0 bridgehead atoms. The zero-order chi connectivity index (χ0) is 9.68. The number of esters is 1. The van der Waals surface area contributed by atoms with E-state index in [0.29, 0.717) is 0 Å². The van der Waals surface area contributed by atoms with Crippen LogP contribution in [0.3, 0.4) is 0 Å². The summed E-state index contributed by atoms with van der Waals surface area (Å²) in [5.74, 6) is -0.170. The Labute approximate surface area is 83.3 Å². The molecular weight excluding hydrogens is 184 g/mol. The van der Waals surface area contributed by atoms with Gasteiger partial charge in [0, 0.05) is 0 Å². The molecule has 1 atom stereocenters. The van der Waals surface area contributed by atoms with Crippen LogP contribution in [0.1, 0.15) is 18.6 Å². The van der Waals surface area contributed by atoms with Crippen LogP contribution in [0.2, 0.25) is 0 Å². The Kier molecular flexibility index (Phi) is 3.83. The van der Waals surface area contributed by atoms with Gasteiger partial charge in [-0.3, -0.25) is 4.79 Å². The van der Waals surface area contributed by atoms with Crippen LogP contribution in [0.15, 0.2) is 30.3 Å². The van der Waals surface area contributed by atoms with Crippen LogP contribution < -0.4 is 0 Å². The Hall–Kier alpha value is -0.960. The number of thiol groups is 1. The van der Waals surface area contributed by atoms with Crippen molar-refractivity contribution in [3.05, 3.63) is 35.9 Å². The Balaban J connectivity index is 2.59. The highest BCUT2D eigenvalue weighted by Crippen LogP contribution is 2.15. The normalized spacial score (nSPS) is 12.2. The zero-order valence-electron chi connectivity index (χ0n) is 7.43. The molecule has 0 radical (unpaired) electrons. The number of ether oxygens (including phenoxy) is 1. The summed E-state index contributed by atoms with van der Waals surface area (Å²) in [5, 5.41) is 0. The largest absolute Gasteiger partial charge is 0.457 e. The molecule has 1 aromatic rings. The van der Waals surface area contributed by atoms with Crippen LogP contribution in [0, 0.1) is 0 Å². The Bertz CT molecular complexity index is 272. The summed E-state index contributed by atoms with van der Waals surface area (Å²) in [6.07, 6.45) is -0.194. The van der Waals surface area contributed by atoms with E-state index in [0.717, 1.165) is 5.56 Å². The molecule has 0 saturated carbocycles. The summed E-state index contributed by atoms with van der Waals surface area (Å²) in [4.78, 5) is 10.9. The van der Waals surface area contributed by atoms with Gasteiger partial charge in [0.15, 0.2) is 0 Å². The fraction of sp³-hybridized carbons (Fsp3) is 0.300. The molecule has 0 heterocycles. The van der Waals surface area contributed by atoms with E-state index < -0.39 is 0 Å². The standard InChI is InChI=1S/C10H12O2S/c1-8(12-10(11)7-13)9-5-3-2-4-6-9/h2-6,8,13H,7H2,1H3. The quantitative estimate of drug-likeness (QED) is 0.592. The second-order valence-corrected chi connectivity index (χ2v) is 3.02. The van der Waals surface area contributed by atoms with Crippen molar-refractivity contribution in [2.24, 2.45) is 0 Å². The number of rotatable bonds is 3. The highest BCUT2D eigenvalue weighted by Gasteiger charge is 2.08. The SMILES string of the molecule is CC(OC(=O)CS)c1ccccc1. The van der Waals surface area contributed by atoms with Crippen molar-refractivity contribution in [2.45, 2.75) is 13.0 Å². The average Bonchev–Trinajstić information content (AvgIpc) is 2.19. The number of benzene rings is 1. The van der Waals surface area contributed by atoms with Crippen molar-refractivity contribution in [3.8, 4) is 0 Å². The highest BCUT2D eigenvalue weighted by molar-refractivity contribution is 7.81. The van der Waals surface area contributed by atoms with Gasteiger partial charge < -0.3 is 4.74 Å². The summed E-state index contributed by atoms with van der Waals surface area (Å²) in [5.41, 5.74) is 0.998. The van der Waals surface area contributed by atoms with E-state index in [-0.39, 0.29) is 17.8 Å². The third kappa shape index (κ3) is 3.11. The fourth-order valence-electron chi connectivity index (χ4n) is 1.03. The fourth-order valence-corrected chi connectivity index (χ4v) is 1.10. The van der Waals surface area contributed by atoms with Crippen molar-refractivity contribution < 1.29 is 9.53 Å². The van der Waals surface area contributed by atoms with Crippen molar-refractivity contribution in [3.63, 3.8) is 0 Å². The Morgan fingerprint density at radius 1 is 1.46 bits per heavy atom. The van der Waals surface area contributed by atoms with Crippen molar-refractivity contribution >= 4 is 18.6 Å². The van der Waals surface area contributed by atoms with Gasteiger partial charge in [-0.2, -0.15) is 12.6 Å². The molecule has 0 N–H and O–H groups in total. The molecule has 13 heavy (non-hydrogen) atoms. The first-order valence-corrected chi connectivity index (χ1v) is 4.72. The first-order chi connectivity index (χ1) is 6.24. The van der Waals surface area contributed by atoms with Gasteiger partial charge in [0.1, 0.15) is 6.10 Å². The van der Waals surface area contributed by atoms with Gasteiger partial charge >= 0.3 is 5.97 Å². The molecule has 0 aliphatic rings. The topological polar surface area (TPSA) is 26.3 Å².